The summed E-state index contributed by atoms with van der Waals surface area (Å²) >= 11 is 40.5. The minimum atomic E-state index is -1.10. The van der Waals surface area contributed by atoms with E-state index in [1.54, 1.807) is 109 Å². The first-order chi connectivity index (χ1) is 30.5. The number of carbonyl (C=O) groups excluding carboxylic acids is 2. The highest BCUT2D eigenvalue weighted by Gasteiger charge is 2.33. The molecule has 6 nitrogen and oxygen atoms in total. The molecule has 0 heterocycles. The maximum atomic E-state index is 12.5. The highest BCUT2D eigenvalue weighted by atomic mass is 35.5. The van der Waals surface area contributed by atoms with Crippen LogP contribution < -0.4 is 9.47 Å². The molecule has 0 spiro atoms. The Morgan fingerprint density at radius 2 is 0.828 bits per heavy atom. The summed E-state index contributed by atoms with van der Waals surface area (Å²) in [6, 6.07) is 15.6. The molecule has 0 saturated heterocycles. The number of benzene rings is 4. The van der Waals surface area contributed by atoms with Gasteiger partial charge < -0.3 is 18.9 Å². The second-order valence-electron chi connectivity index (χ2n) is 13.9. The van der Waals surface area contributed by atoms with Gasteiger partial charge in [-0.05, 0) is 135 Å². The van der Waals surface area contributed by atoms with Crippen LogP contribution in [0.4, 0.5) is 0 Å². The predicted octanol–water partition coefficient (Wildman–Crippen LogP) is 15.9. The van der Waals surface area contributed by atoms with Crippen molar-refractivity contribution < 1.29 is 28.5 Å². The van der Waals surface area contributed by atoms with E-state index in [-0.39, 0.29) is 44.8 Å². The zero-order valence-corrected chi connectivity index (χ0v) is 46.2. The van der Waals surface area contributed by atoms with Gasteiger partial charge in [0.2, 0.25) is 0 Å². The third-order valence-electron chi connectivity index (χ3n) is 9.41. The molecule has 0 radical (unpaired) electrons. The van der Waals surface area contributed by atoms with Crippen LogP contribution in [0.3, 0.4) is 0 Å². The fourth-order valence-corrected chi connectivity index (χ4v) is 13.7. The second-order valence-corrected chi connectivity index (χ2v) is 23.8. The van der Waals surface area contributed by atoms with Crippen molar-refractivity contribution in [2.24, 2.45) is 0 Å². The average Bonchev–Trinajstić information content (AvgIpc) is 3.27. The first kappa shape index (κ1) is 55.5. The van der Waals surface area contributed by atoms with Crippen molar-refractivity contribution in [3.8, 4) is 22.6 Å². The van der Waals surface area contributed by atoms with Crippen LogP contribution in [-0.4, -0.2) is 84.1 Å². The minimum Gasteiger partial charge on any atom is -0.485 e. The normalized spacial score (nSPS) is 13.1. The maximum Gasteiger partial charge on any atom is 0.331 e. The van der Waals surface area contributed by atoms with Crippen molar-refractivity contribution >= 4 is 152 Å². The Morgan fingerprint density at radius 3 is 1.08 bits per heavy atom. The molecular weight excluding hydrogens is 1050 g/mol. The van der Waals surface area contributed by atoms with E-state index in [0.29, 0.717) is 22.6 Å². The van der Waals surface area contributed by atoms with Crippen LogP contribution in [0.25, 0.3) is 11.1 Å². The third kappa shape index (κ3) is 15.4. The molecule has 2 atom stereocenters. The van der Waals surface area contributed by atoms with Crippen LogP contribution in [0.15, 0.2) is 103 Å². The average molecular weight is 1100 g/mol. The van der Waals surface area contributed by atoms with E-state index >= 15 is 0 Å². The smallest absolute Gasteiger partial charge is 0.331 e. The Balaban J connectivity index is 1.49. The molecule has 0 aliphatic carbocycles. The lowest BCUT2D eigenvalue weighted by Crippen LogP contribution is -2.35. The molecule has 346 valence electrons. The van der Waals surface area contributed by atoms with E-state index in [1.165, 1.54) is 64.0 Å². The molecule has 0 fully saturated rings. The number of ether oxygens (including phenoxy) is 4. The Kier molecular flexibility index (Phi) is 23.0. The molecule has 0 N–H and O–H groups in total. The van der Waals surface area contributed by atoms with Crippen LogP contribution in [-0.2, 0) is 31.9 Å². The monoisotopic (exact) mass is 1090 g/mol. The number of rotatable bonds is 25. The minimum absolute atomic E-state index is 0.0434. The number of halogens is 4. The van der Waals surface area contributed by atoms with Gasteiger partial charge in [-0.1, -0.05) is 59.6 Å². The van der Waals surface area contributed by atoms with Gasteiger partial charge in [0.15, 0.2) is 21.4 Å². The van der Waals surface area contributed by atoms with Gasteiger partial charge in [-0.25, -0.2) is 9.59 Å². The Hall–Kier alpha value is -1.14. The molecule has 64 heavy (non-hydrogen) atoms. The van der Waals surface area contributed by atoms with Gasteiger partial charge in [-0.15, -0.1) is 94.1 Å². The Morgan fingerprint density at radius 1 is 0.531 bits per heavy atom. The summed E-state index contributed by atoms with van der Waals surface area (Å²) in [5, 5.41) is 0.914. The van der Waals surface area contributed by atoms with Gasteiger partial charge in [0.1, 0.15) is 13.2 Å². The molecule has 0 aliphatic rings. The van der Waals surface area contributed by atoms with Crippen LogP contribution in [0.2, 0.25) is 20.1 Å². The van der Waals surface area contributed by atoms with Crippen molar-refractivity contribution in [1.29, 1.82) is 0 Å². The van der Waals surface area contributed by atoms with E-state index in [1.807, 2.05) is 0 Å². The van der Waals surface area contributed by atoms with Gasteiger partial charge in [0.25, 0.3) is 0 Å². The number of carbonyl (C=O) groups is 2. The molecule has 0 bridgehead atoms. The third-order valence-corrected chi connectivity index (χ3v) is 17.6. The molecule has 0 amide bonds. The molecule has 0 aromatic heterocycles. The van der Waals surface area contributed by atoms with Crippen molar-refractivity contribution in [3.05, 3.63) is 105 Å². The molecule has 18 heteroatoms. The molecule has 4 aromatic carbocycles. The molecule has 2 unspecified atom stereocenters. The SMILES string of the molecule is C=CC(=O)OC(C)(COc1c(Cl)cc(-c2cc(Cl)c(OCC(C)(OC(=O)C=C)SCCc3c(SC)cc(SC)cc3SC)c(Cl)c2)cc1Cl)SCCc1c(SC)cc(SC)cc1SC. The first-order valence-corrected chi connectivity index (χ1v) is 30.1. The van der Waals surface area contributed by atoms with E-state index in [2.05, 4.69) is 75.0 Å². The van der Waals surface area contributed by atoms with Crippen molar-refractivity contribution in [2.45, 2.75) is 65.9 Å². The van der Waals surface area contributed by atoms with Crippen molar-refractivity contribution in [1.82, 2.24) is 0 Å². The van der Waals surface area contributed by atoms with E-state index in [0.717, 1.165) is 25.0 Å². The molecular formula is C46H50Cl4O6S8. The standard InChI is InChI=1S/C46H50Cl4O6S8/c1-11-41(51)55-45(3,63-15-13-31-37(59-7)21-29(57-5)22-38(31)60-8)25-53-43-33(47)17-27(18-34(43)48)28-19-35(49)44(36(50)20-28)54-26-46(4,56-42(52)12-2)64-16-14-32-39(61-9)23-30(58-6)24-40(32)62-10/h11-12,17-24H,1-2,13-16,25-26H2,3-10H3. The molecule has 0 saturated carbocycles. The van der Waals surface area contributed by atoms with Crippen molar-refractivity contribution in [3.63, 3.8) is 0 Å². The topological polar surface area (TPSA) is 71.1 Å². The summed E-state index contributed by atoms with van der Waals surface area (Å²) in [5.74, 6) is 0.601. The van der Waals surface area contributed by atoms with Crippen LogP contribution in [0, 0.1) is 0 Å². The Bertz CT molecular complexity index is 2060. The van der Waals surface area contributed by atoms with Crippen LogP contribution in [0.5, 0.6) is 11.5 Å². The zero-order valence-electron chi connectivity index (χ0n) is 36.7. The highest BCUT2D eigenvalue weighted by molar-refractivity contribution is 8.01. The maximum absolute atomic E-state index is 12.5. The van der Waals surface area contributed by atoms with Gasteiger partial charge >= 0.3 is 11.9 Å². The van der Waals surface area contributed by atoms with Gasteiger partial charge in [0, 0.05) is 53.0 Å². The quantitative estimate of drug-likeness (QED) is 0.0274. The lowest BCUT2D eigenvalue weighted by atomic mass is 10.1. The van der Waals surface area contributed by atoms with E-state index in [9.17, 15) is 9.59 Å². The van der Waals surface area contributed by atoms with Gasteiger partial charge in [0.05, 0.1) is 20.1 Å². The summed E-state index contributed by atoms with van der Waals surface area (Å²) in [6.07, 6.45) is 16.2. The largest absolute Gasteiger partial charge is 0.485 e. The van der Waals surface area contributed by atoms with Crippen LogP contribution >= 0.6 is 140 Å². The summed E-state index contributed by atoms with van der Waals surface area (Å²) in [5.41, 5.74) is 3.75. The van der Waals surface area contributed by atoms with E-state index in [4.69, 9.17) is 65.4 Å². The van der Waals surface area contributed by atoms with Crippen molar-refractivity contribution in [2.75, 3.05) is 62.3 Å². The number of hydrogen-bond acceptors (Lipinski definition) is 14. The lowest BCUT2D eigenvalue weighted by Gasteiger charge is -2.29. The van der Waals surface area contributed by atoms with Gasteiger partial charge in [-0.2, -0.15) is 0 Å². The first-order valence-electron chi connectivity index (χ1n) is 19.3. The van der Waals surface area contributed by atoms with E-state index < -0.39 is 21.8 Å². The second kappa shape index (κ2) is 26.6. The Labute approximate surface area is 432 Å². The molecule has 4 rings (SSSR count). The van der Waals surface area contributed by atoms with Crippen LogP contribution in [0.1, 0.15) is 25.0 Å². The number of hydrogen-bond donors (Lipinski definition) is 0. The summed E-state index contributed by atoms with van der Waals surface area (Å²) in [6.45, 7) is 10.7. The molecule has 4 aromatic rings. The van der Waals surface area contributed by atoms with Gasteiger partial charge in [-0.3, -0.25) is 0 Å². The molecule has 0 aliphatic heterocycles. The number of esters is 2. The number of thioether (sulfide) groups is 8. The lowest BCUT2D eigenvalue weighted by molar-refractivity contribution is -0.147. The fourth-order valence-electron chi connectivity index (χ4n) is 6.23. The zero-order chi connectivity index (χ0) is 47.2. The summed E-state index contributed by atoms with van der Waals surface area (Å²) in [7, 11) is 0. The predicted molar refractivity (Wildman–Crippen MR) is 288 cm³/mol. The summed E-state index contributed by atoms with van der Waals surface area (Å²) < 4.78 is 24.1. The highest BCUT2D eigenvalue weighted by Crippen LogP contribution is 2.44. The fraction of sp³-hybridized carbons (Fsp3) is 0.348. The summed E-state index contributed by atoms with van der Waals surface area (Å²) in [4.78, 5) is 30.2.